The molecular weight excluding hydrogens is 242 g/mol. The van der Waals surface area contributed by atoms with Gasteiger partial charge in [-0.25, -0.2) is 8.42 Å². The summed E-state index contributed by atoms with van der Waals surface area (Å²) in [5.41, 5.74) is 5.40. The van der Waals surface area contributed by atoms with Gasteiger partial charge >= 0.3 is 0 Å². The number of hydrogen-bond acceptors (Lipinski definition) is 6. The van der Waals surface area contributed by atoms with E-state index < -0.39 is 14.6 Å². The maximum absolute atomic E-state index is 12.1. The van der Waals surface area contributed by atoms with E-state index >= 15 is 0 Å². The Kier molecular flexibility index (Phi) is 3.22. The van der Waals surface area contributed by atoms with Crippen molar-refractivity contribution >= 4 is 9.84 Å². The third kappa shape index (κ3) is 2.09. The molecule has 0 saturated heterocycles. The van der Waals surface area contributed by atoms with Gasteiger partial charge in [0.25, 0.3) is 0 Å². The average Bonchev–Trinajstić information content (AvgIpc) is 2.77. The van der Waals surface area contributed by atoms with Crippen molar-refractivity contribution in [2.24, 2.45) is 5.73 Å². The van der Waals surface area contributed by atoms with Crippen LogP contribution in [-0.4, -0.2) is 24.8 Å². The molecule has 1 aliphatic carbocycles. The number of sulfone groups is 1. The van der Waals surface area contributed by atoms with Crippen molar-refractivity contribution in [3.63, 3.8) is 0 Å². The topological polar surface area (TPSA) is 99.1 Å². The van der Waals surface area contributed by atoms with Gasteiger partial charge in [0.05, 0.1) is 6.54 Å². The van der Waals surface area contributed by atoms with Gasteiger partial charge in [-0.1, -0.05) is 24.4 Å². The largest absolute Gasteiger partial charge is 0.338 e. The van der Waals surface area contributed by atoms with Gasteiger partial charge in [0, 0.05) is 6.26 Å². The van der Waals surface area contributed by atoms with E-state index in [1.54, 1.807) is 0 Å². The number of aromatic nitrogens is 2. The standard InChI is InChI=1S/C10H17N3O3S/c1-17(14,15)10(5-3-2-4-6-10)9-12-8(7-11)16-13-9/h2-7,11H2,1H3. The van der Waals surface area contributed by atoms with E-state index in [-0.39, 0.29) is 18.3 Å². The summed E-state index contributed by atoms with van der Waals surface area (Å²) < 4.78 is 28.1. The van der Waals surface area contributed by atoms with E-state index in [1.165, 1.54) is 6.26 Å². The first-order valence-corrected chi connectivity index (χ1v) is 7.61. The van der Waals surface area contributed by atoms with Gasteiger partial charge < -0.3 is 10.3 Å². The van der Waals surface area contributed by atoms with Crippen LogP contribution in [0.2, 0.25) is 0 Å². The molecule has 2 rings (SSSR count). The summed E-state index contributed by atoms with van der Waals surface area (Å²) in [4.78, 5) is 4.11. The molecule has 1 heterocycles. The quantitative estimate of drug-likeness (QED) is 0.859. The van der Waals surface area contributed by atoms with Crippen LogP contribution >= 0.6 is 0 Å². The van der Waals surface area contributed by atoms with Crippen molar-refractivity contribution in [3.8, 4) is 0 Å². The normalized spacial score (nSPS) is 20.4. The van der Waals surface area contributed by atoms with Crippen LogP contribution in [0.3, 0.4) is 0 Å². The molecule has 96 valence electrons. The second-order valence-electron chi connectivity index (χ2n) is 4.54. The van der Waals surface area contributed by atoms with Gasteiger partial charge in [0.1, 0.15) is 4.75 Å². The fraction of sp³-hybridized carbons (Fsp3) is 0.800. The first kappa shape index (κ1) is 12.5. The highest BCUT2D eigenvalue weighted by Crippen LogP contribution is 2.42. The highest BCUT2D eigenvalue weighted by atomic mass is 32.2. The lowest BCUT2D eigenvalue weighted by atomic mass is 9.88. The zero-order valence-electron chi connectivity index (χ0n) is 9.85. The summed E-state index contributed by atoms with van der Waals surface area (Å²) in [6.07, 6.45) is 5.18. The second-order valence-corrected chi connectivity index (χ2v) is 6.87. The van der Waals surface area contributed by atoms with Crippen molar-refractivity contribution < 1.29 is 12.9 Å². The molecule has 6 nitrogen and oxygen atoms in total. The molecule has 0 spiro atoms. The minimum atomic E-state index is -3.26. The van der Waals surface area contributed by atoms with Crippen LogP contribution in [0.15, 0.2) is 4.52 Å². The predicted octanol–water partition coefficient (Wildman–Crippen LogP) is 0.732. The van der Waals surface area contributed by atoms with Crippen molar-refractivity contribution in [2.45, 2.75) is 43.4 Å². The third-order valence-corrected chi connectivity index (χ3v) is 5.43. The third-order valence-electron chi connectivity index (χ3n) is 3.42. The second kappa shape index (κ2) is 4.38. The number of nitrogens with zero attached hydrogens (tertiary/aromatic N) is 2. The Morgan fingerprint density at radius 1 is 1.35 bits per heavy atom. The molecular formula is C10H17N3O3S. The molecule has 0 radical (unpaired) electrons. The minimum absolute atomic E-state index is 0.132. The molecule has 1 aliphatic rings. The zero-order valence-corrected chi connectivity index (χ0v) is 10.7. The van der Waals surface area contributed by atoms with Crippen LogP contribution in [0.5, 0.6) is 0 Å². The Morgan fingerprint density at radius 2 is 2.00 bits per heavy atom. The number of nitrogens with two attached hydrogens (primary N) is 1. The average molecular weight is 259 g/mol. The van der Waals surface area contributed by atoms with E-state index in [2.05, 4.69) is 10.1 Å². The van der Waals surface area contributed by atoms with Crippen molar-refractivity contribution in [1.82, 2.24) is 10.1 Å². The first-order chi connectivity index (χ1) is 7.99. The first-order valence-electron chi connectivity index (χ1n) is 5.72. The van der Waals surface area contributed by atoms with Crippen molar-refractivity contribution in [3.05, 3.63) is 11.7 Å². The van der Waals surface area contributed by atoms with Crippen LogP contribution in [0.25, 0.3) is 0 Å². The fourth-order valence-corrected chi connectivity index (χ4v) is 3.85. The van der Waals surface area contributed by atoms with Gasteiger partial charge in [-0.05, 0) is 12.8 Å². The molecule has 1 aromatic rings. The smallest absolute Gasteiger partial charge is 0.240 e. The molecule has 1 fully saturated rings. The van der Waals surface area contributed by atoms with Gasteiger partial charge in [-0.2, -0.15) is 4.98 Å². The summed E-state index contributed by atoms with van der Waals surface area (Å²) in [7, 11) is -3.26. The van der Waals surface area contributed by atoms with Crippen LogP contribution in [0.4, 0.5) is 0 Å². The molecule has 0 atom stereocenters. The van der Waals surface area contributed by atoms with Gasteiger partial charge in [-0.3, -0.25) is 0 Å². The Hall–Kier alpha value is -0.950. The molecule has 0 aliphatic heterocycles. The summed E-state index contributed by atoms with van der Waals surface area (Å²) in [6, 6.07) is 0. The highest BCUT2D eigenvalue weighted by Gasteiger charge is 2.47. The maximum atomic E-state index is 12.1. The molecule has 0 unspecified atom stereocenters. The monoisotopic (exact) mass is 259 g/mol. The van der Waals surface area contributed by atoms with Crippen LogP contribution < -0.4 is 5.73 Å². The fourth-order valence-electron chi connectivity index (χ4n) is 2.41. The molecule has 7 heteroatoms. The summed E-state index contributed by atoms with van der Waals surface area (Å²) in [5, 5.41) is 3.80. The SMILES string of the molecule is CS(=O)(=O)C1(c2noc(CN)n2)CCCCC1. The van der Waals surface area contributed by atoms with Gasteiger partial charge in [0.2, 0.25) is 5.89 Å². The maximum Gasteiger partial charge on any atom is 0.240 e. The highest BCUT2D eigenvalue weighted by molar-refractivity contribution is 7.91. The lowest BCUT2D eigenvalue weighted by Crippen LogP contribution is -2.38. The Labute approximate surface area is 100 Å². The molecule has 1 saturated carbocycles. The van der Waals surface area contributed by atoms with E-state index in [4.69, 9.17) is 10.3 Å². The molecule has 0 amide bonds. The molecule has 2 N–H and O–H groups in total. The molecule has 0 bridgehead atoms. The summed E-state index contributed by atoms with van der Waals surface area (Å²) >= 11 is 0. The number of hydrogen-bond donors (Lipinski definition) is 1. The van der Waals surface area contributed by atoms with Crippen molar-refractivity contribution in [1.29, 1.82) is 0 Å². The van der Waals surface area contributed by atoms with Gasteiger partial charge in [0.15, 0.2) is 15.7 Å². The number of rotatable bonds is 3. The van der Waals surface area contributed by atoms with E-state index in [0.29, 0.717) is 12.8 Å². The lowest BCUT2D eigenvalue weighted by molar-refractivity contribution is 0.335. The minimum Gasteiger partial charge on any atom is -0.338 e. The molecule has 17 heavy (non-hydrogen) atoms. The Balaban J connectivity index is 2.46. The molecule has 1 aromatic heterocycles. The van der Waals surface area contributed by atoms with Gasteiger partial charge in [-0.15, -0.1) is 0 Å². The van der Waals surface area contributed by atoms with Crippen molar-refractivity contribution in [2.75, 3.05) is 6.26 Å². The van der Waals surface area contributed by atoms with E-state index in [0.717, 1.165) is 19.3 Å². The van der Waals surface area contributed by atoms with Crippen LogP contribution in [0.1, 0.15) is 43.8 Å². The predicted molar refractivity (Wildman–Crippen MR) is 61.8 cm³/mol. The van der Waals surface area contributed by atoms with Crippen LogP contribution in [0, 0.1) is 0 Å². The van der Waals surface area contributed by atoms with E-state index in [1.807, 2.05) is 0 Å². The molecule has 0 aromatic carbocycles. The Morgan fingerprint density at radius 3 is 2.47 bits per heavy atom. The zero-order chi connectivity index (χ0) is 12.5. The lowest BCUT2D eigenvalue weighted by Gasteiger charge is -2.32. The van der Waals surface area contributed by atoms with Crippen LogP contribution in [-0.2, 0) is 21.1 Å². The van der Waals surface area contributed by atoms with E-state index in [9.17, 15) is 8.42 Å². The summed E-state index contributed by atoms with van der Waals surface area (Å²) in [5.74, 6) is 0.564. The Bertz CT molecular complexity index is 489. The summed E-state index contributed by atoms with van der Waals surface area (Å²) in [6.45, 7) is 0.132.